The fourth-order valence-corrected chi connectivity index (χ4v) is 1.80. The summed E-state index contributed by atoms with van der Waals surface area (Å²) in [6.45, 7) is 0. The Morgan fingerprint density at radius 2 is 1.55 bits per heavy atom. The van der Waals surface area contributed by atoms with Crippen LogP contribution in [0.15, 0.2) is 12.1 Å². The molecule has 0 spiro atoms. The second-order valence-corrected chi connectivity index (χ2v) is 4.22. The van der Waals surface area contributed by atoms with Gasteiger partial charge in [-0.15, -0.1) is 0 Å². The largest absolute Gasteiger partial charge is 0.493 e. The first-order chi connectivity index (χ1) is 9.32. The summed E-state index contributed by atoms with van der Waals surface area (Å²) in [5.74, 6) is 1.11. The van der Waals surface area contributed by atoms with Crippen molar-refractivity contribution in [2.24, 2.45) is 5.73 Å². The predicted molar refractivity (Wildman–Crippen MR) is 68.3 cm³/mol. The number of rotatable bonds is 6. The Morgan fingerprint density at radius 1 is 1.05 bits per heavy atom. The average Bonchev–Trinajstić information content (AvgIpc) is 2.42. The van der Waals surface area contributed by atoms with Crippen LogP contribution in [-0.2, 0) is 0 Å². The predicted octanol–water partition coefficient (Wildman–Crippen LogP) is 3.05. The van der Waals surface area contributed by atoms with Gasteiger partial charge in [0.25, 0.3) is 0 Å². The molecule has 0 heterocycles. The first-order valence-electron chi connectivity index (χ1n) is 5.94. The summed E-state index contributed by atoms with van der Waals surface area (Å²) >= 11 is 0. The van der Waals surface area contributed by atoms with Crippen molar-refractivity contribution >= 4 is 0 Å². The highest BCUT2D eigenvalue weighted by atomic mass is 19.4. The van der Waals surface area contributed by atoms with Gasteiger partial charge in [0.1, 0.15) is 0 Å². The number of alkyl halides is 3. The standard InChI is InChI=1S/C13H18F3NO3/c1-18-10-6-8(7-11(19-2)12(10)20-3)9(17)4-5-13(14,15)16/h6-7,9H,4-5,17H2,1-3H3/t9-/m1/s1. The second kappa shape index (κ2) is 6.69. The number of hydrogen-bond donors (Lipinski definition) is 1. The smallest absolute Gasteiger partial charge is 0.389 e. The van der Waals surface area contributed by atoms with Gasteiger partial charge < -0.3 is 19.9 Å². The average molecular weight is 293 g/mol. The van der Waals surface area contributed by atoms with Gasteiger partial charge in [-0.05, 0) is 24.1 Å². The molecule has 4 nitrogen and oxygen atoms in total. The molecule has 1 aromatic rings. The maximum atomic E-state index is 12.2. The molecule has 0 fully saturated rings. The van der Waals surface area contributed by atoms with Crippen molar-refractivity contribution in [2.45, 2.75) is 25.1 Å². The molecule has 0 unspecified atom stereocenters. The van der Waals surface area contributed by atoms with Gasteiger partial charge in [-0.2, -0.15) is 13.2 Å². The van der Waals surface area contributed by atoms with Crippen molar-refractivity contribution < 1.29 is 27.4 Å². The SMILES string of the molecule is COc1cc([C@H](N)CCC(F)(F)F)cc(OC)c1OC. The minimum absolute atomic E-state index is 0.206. The molecule has 0 saturated carbocycles. The molecule has 0 aliphatic rings. The molecule has 0 saturated heterocycles. The summed E-state index contributed by atoms with van der Waals surface area (Å²) in [6.07, 6.45) is -5.37. The number of benzene rings is 1. The molecule has 20 heavy (non-hydrogen) atoms. The van der Waals surface area contributed by atoms with Crippen LogP contribution in [0.1, 0.15) is 24.4 Å². The first-order valence-corrected chi connectivity index (χ1v) is 5.94. The van der Waals surface area contributed by atoms with Gasteiger partial charge in [-0.1, -0.05) is 0 Å². The normalized spacial score (nSPS) is 12.9. The van der Waals surface area contributed by atoms with Gasteiger partial charge in [-0.3, -0.25) is 0 Å². The van der Waals surface area contributed by atoms with E-state index in [1.807, 2.05) is 0 Å². The lowest BCUT2D eigenvalue weighted by molar-refractivity contribution is -0.136. The molecule has 114 valence electrons. The van der Waals surface area contributed by atoms with Crippen LogP contribution in [0.3, 0.4) is 0 Å². The van der Waals surface area contributed by atoms with E-state index < -0.39 is 18.6 Å². The van der Waals surface area contributed by atoms with Gasteiger partial charge in [0.05, 0.1) is 21.3 Å². The van der Waals surface area contributed by atoms with Crippen LogP contribution in [0.2, 0.25) is 0 Å². The molecular formula is C13H18F3NO3. The van der Waals surface area contributed by atoms with Crippen LogP contribution in [0.5, 0.6) is 17.2 Å². The molecule has 1 rings (SSSR count). The maximum absolute atomic E-state index is 12.2. The first kappa shape index (κ1) is 16.4. The third-order valence-corrected chi connectivity index (χ3v) is 2.85. The van der Waals surface area contributed by atoms with Gasteiger partial charge in [-0.25, -0.2) is 0 Å². The van der Waals surface area contributed by atoms with Crippen molar-refractivity contribution in [3.8, 4) is 17.2 Å². The molecule has 0 aliphatic heterocycles. The summed E-state index contributed by atoms with van der Waals surface area (Å²) < 4.78 is 52.0. The lowest BCUT2D eigenvalue weighted by atomic mass is 10.0. The van der Waals surface area contributed by atoms with Crippen molar-refractivity contribution in [3.63, 3.8) is 0 Å². The van der Waals surface area contributed by atoms with Crippen molar-refractivity contribution in [1.29, 1.82) is 0 Å². The highest BCUT2D eigenvalue weighted by Gasteiger charge is 2.28. The van der Waals surface area contributed by atoms with Gasteiger partial charge in [0, 0.05) is 12.5 Å². The summed E-state index contributed by atoms with van der Waals surface area (Å²) in [6, 6.07) is 2.36. The van der Waals surface area contributed by atoms with E-state index in [1.165, 1.54) is 21.3 Å². The van der Waals surface area contributed by atoms with Crippen LogP contribution >= 0.6 is 0 Å². The number of methoxy groups -OCH3 is 3. The van der Waals surface area contributed by atoms with Gasteiger partial charge >= 0.3 is 6.18 Å². The van der Waals surface area contributed by atoms with Crippen LogP contribution < -0.4 is 19.9 Å². The van der Waals surface area contributed by atoms with Crippen LogP contribution in [0, 0.1) is 0 Å². The van der Waals surface area contributed by atoms with E-state index in [0.29, 0.717) is 22.8 Å². The molecule has 2 N–H and O–H groups in total. The lowest BCUT2D eigenvalue weighted by Gasteiger charge is -2.18. The van der Waals surface area contributed by atoms with E-state index >= 15 is 0 Å². The number of halogens is 3. The van der Waals surface area contributed by atoms with Crippen LogP contribution in [0.25, 0.3) is 0 Å². The van der Waals surface area contributed by atoms with Crippen molar-refractivity contribution in [1.82, 2.24) is 0 Å². The Kier molecular flexibility index (Phi) is 5.50. The molecule has 0 amide bonds. The van der Waals surface area contributed by atoms with E-state index in [4.69, 9.17) is 19.9 Å². The summed E-state index contributed by atoms with van der Waals surface area (Å²) in [5.41, 5.74) is 6.29. The zero-order valence-electron chi connectivity index (χ0n) is 11.6. The molecule has 0 radical (unpaired) electrons. The fourth-order valence-electron chi connectivity index (χ4n) is 1.80. The third-order valence-electron chi connectivity index (χ3n) is 2.85. The van der Waals surface area contributed by atoms with Gasteiger partial charge in [0.2, 0.25) is 5.75 Å². The number of nitrogens with two attached hydrogens (primary N) is 1. The van der Waals surface area contributed by atoms with E-state index in [2.05, 4.69) is 0 Å². The maximum Gasteiger partial charge on any atom is 0.389 e. The summed E-state index contributed by atoms with van der Waals surface area (Å²) in [5, 5.41) is 0. The molecule has 7 heteroatoms. The van der Waals surface area contributed by atoms with Crippen LogP contribution in [0.4, 0.5) is 13.2 Å². The van der Waals surface area contributed by atoms with Crippen molar-refractivity contribution in [3.05, 3.63) is 17.7 Å². The molecule has 0 aliphatic carbocycles. The molecule has 0 aromatic heterocycles. The molecular weight excluding hydrogens is 275 g/mol. The quantitative estimate of drug-likeness (QED) is 0.876. The minimum Gasteiger partial charge on any atom is -0.493 e. The molecule has 1 atom stereocenters. The number of ether oxygens (including phenoxy) is 3. The zero-order valence-corrected chi connectivity index (χ0v) is 11.6. The highest BCUT2D eigenvalue weighted by molar-refractivity contribution is 5.54. The number of hydrogen-bond acceptors (Lipinski definition) is 4. The Hall–Kier alpha value is -1.63. The molecule has 1 aromatic carbocycles. The Balaban J connectivity index is 3.00. The fraction of sp³-hybridized carbons (Fsp3) is 0.538. The van der Waals surface area contributed by atoms with Gasteiger partial charge in [0.15, 0.2) is 11.5 Å². The Bertz CT molecular complexity index is 424. The van der Waals surface area contributed by atoms with Crippen LogP contribution in [-0.4, -0.2) is 27.5 Å². The minimum atomic E-state index is -4.22. The summed E-state index contributed by atoms with van der Waals surface area (Å²) in [4.78, 5) is 0. The third kappa shape index (κ3) is 4.19. The highest BCUT2D eigenvalue weighted by Crippen LogP contribution is 2.40. The van der Waals surface area contributed by atoms with E-state index in [9.17, 15) is 13.2 Å². The van der Waals surface area contributed by atoms with E-state index in [0.717, 1.165) is 0 Å². The zero-order chi connectivity index (χ0) is 15.3. The second-order valence-electron chi connectivity index (χ2n) is 4.22. The summed E-state index contributed by atoms with van der Waals surface area (Å²) in [7, 11) is 4.31. The Morgan fingerprint density at radius 3 is 1.90 bits per heavy atom. The monoisotopic (exact) mass is 293 g/mol. The lowest BCUT2D eigenvalue weighted by Crippen LogP contribution is -2.16. The molecule has 0 bridgehead atoms. The topological polar surface area (TPSA) is 53.7 Å². The van der Waals surface area contributed by atoms with E-state index in [1.54, 1.807) is 12.1 Å². The van der Waals surface area contributed by atoms with E-state index in [-0.39, 0.29) is 6.42 Å². The van der Waals surface area contributed by atoms with Crippen molar-refractivity contribution in [2.75, 3.05) is 21.3 Å². The Labute approximate surface area is 115 Å².